The second kappa shape index (κ2) is 8.42. The Bertz CT molecular complexity index is 788. The molecule has 2 aromatic carbocycles. The molecular formula is C19H18F3NO3. The first-order valence-corrected chi connectivity index (χ1v) is 7.84. The van der Waals surface area contributed by atoms with Gasteiger partial charge < -0.3 is 14.8 Å². The molecule has 4 nitrogen and oxygen atoms in total. The van der Waals surface area contributed by atoms with Crippen molar-refractivity contribution in [1.82, 2.24) is 0 Å². The lowest BCUT2D eigenvalue weighted by Crippen LogP contribution is -2.13. The molecule has 26 heavy (non-hydrogen) atoms. The van der Waals surface area contributed by atoms with Gasteiger partial charge >= 0.3 is 6.18 Å². The molecule has 1 amide bonds. The zero-order chi connectivity index (χ0) is 19.2. The number of hydrogen-bond acceptors (Lipinski definition) is 3. The molecule has 0 atom stereocenters. The number of hydrogen-bond donors (Lipinski definition) is 1. The molecule has 0 spiro atoms. The summed E-state index contributed by atoms with van der Waals surface area (Å²) in [6.45, 7) is 5.98. The average molecular weight is 365 g/mol. The van der Waals surface area contributed by atoms with Crippen LogP contribution in [0.3, 0.4) is 0 Å². The van der Waals surface area contributed by atoms with Crippen molar-refractivity contribution in [2.45, 2.75) is 13.1 Å². The van der Waals surface area contributed by atoms with Crippen molar-refractivity contribution in [2.24, 2.45) is 0 Å². The van der Waals surface area contributed by atoms with Gasteiger partial charge in [-0.2, -0.15) is 13.2 Å². The van der Waals surface area contributed by atoms with Gasteiger partial charge in [0.15, 0.2) is 11.5 Å². The minimum atomic E-state index is -4.48. The van der Waals surface area contributed by atoms with Gasteiger partial charge in [-0.05, 0) is 43.3 Å². The smallest absolute Gasteiger partial charge is 0.416 e. The van der Waals surface area contributed by atoms with Gasteiger partial charge in [-0.3, -0.25) is 4.79 Å². The molecule has 2 aromatic rings. The first kappa shape index (κ1) is 19.4. The molecule has 138 valence electrons. The van der Waals surface area contributed by atoms with E-state index in [1.165, 1.54) is 24.3 Å². The van der Waals surface area contributed by atoms with Crippen LogP contribution in [-0.2, 0) is 6.18 Å². The summed E-state index contributed by atoms with van der Waals surface area (Å²) in [5, 5.41) is 2.45. The number of benzene rings is 2. The minimum Gasteiger partial charge on any atom is -0.490 e. The van der Waals surface area contributed by atoms with Crippen LogP contribution in [0.25, 0.3) is 0 Å². The van der Waals surface area contributed by atoms with E-state index in [1.807, 2.05) is 0 Å². The zero-order valence-corrected chi connectivity index (χ0v) is 14.1. The molecule has 2 rings (SSSR count). The van der Waals surface area contributed by atoms with Crippen LogP contribution in [0.5, 0.6) is 11.5 Å². The van der Waals surface area contributed by atoms with Crippen LogP contribution in [-0.4, -0.2) is 19.1 Å². The molecule has 0 saturated carbocycles. The van der Waals surface area contributed by atoms with E-state index in [-0.39, 0.29) is 17.9 Å². The number of alkyl halides is 3. The maximum atomic E-state index is 12.8. The summed E-state index contributed by atoms with van der Waals surface area (Å²) in [6, 6.07) is 8.98. The highest BCUT2D eigenvalue weighted by atomic mass is 19.4. The van der Waals surface area contributed by atoms with Crippen molar-refractivity contribution in [3.05, 3.63) is 66.2 Å². The summed E-state index contributed by atoms with van der Waals surface area (Å²) in [6.07, 6.45) is -2.91. The van der Waals surface area contributed by atoms with Crippen LogP contribution in [0.15, 0.2) is 55.1 Å². The molecule has 0 radical (unpaired) electrons. The molecule has 0 unspecified atom stereocenters. The van der Waals surface area contributed by atoms with Crippen LogP contribution < -0.4 is 14.8 Å². The third-order valence-electron chi connectivity index (χ3n) is 3.31. The van der Waals surface area contributed by atoms with E-state index in [0.29, 0.717) is 18.1 Å². The Morgan fingerprint density at radius 1 is 1.15 bits per heavy atom. The van der Waals surface area contributed by atoms with Crippen LogP contribution >= 0.6 is 0 Å². The summed E-state index contributed by atoms with van der Waals surface area (Å²) < 4.78 is 49.2. The van der Waals surface area contributed by atoms with Crippen LogP contribution in [0.2, 0.25) is 0 Å². The van der Waals surface area contributed by atoms with Crippen LogP contribution in [0.1, 0.15) is 22.8 Å². The van der Waals surface area contributed by atoms with E-state index in [0.717, 1.165) is 12.1 Å². The van der Waals surface area contributed by atoms with Gasteiger partial charge in [0.2, 0.25) is 0 Å². The lowest BCUT2D eigenvalue weighted by atomic mass is 10.1. The number of rotatable bonds is 7. The van der Waals surface area contributed by atoms with Crippen molar-refractivity contribution >= 4 is 11.6 Å². The molecule has 1 N–H and O–H groups in total. The highest BCUT2D eigenvalue weighted by Gasteiger charge is 2.30. The average Bonchev–Trinajstić information content (AvgIpc) is 2.60. The topological polar surface area (TPSA) is 47.6 Å². The predicted octanol–water partition coefficient (Wildman–Crippen LogP) is 4.92. The Kier molecular flexibility index (Phi) is 6.27. The number of ether oxygens (including phenoxy) is 2. The monoisotopic (exact) mass is 365 g/mol. The maximum absolute atomic E-state index is 12.8. The van der Waals surface area contributed by atoms with Crippen LogP contribution in [0, 0.1) is 0 Å². The summed E-state index contributed by atoms with van der Waals surface area (Å²) in [7, 11) is 0. The second-order valence-corrected chi connectivity index (χ2v) is 5.23. The molecule has 0 bridgehead atoms. The van der Waals surface area contributed by atoms with Crippen molar-refractivity contribution in [3.63, 3.8) is 0 Å². The van der Waals surface area contributed by atoms with E-state index >= 15 is 0 Å². The normalized spacial score (nSPS) is 10.9. The first-order valence-electron chi connectivity index (χ1n) is 7.84. The SMILES string of the molecule is C=CCOc1ccc(C(=O)Nc2cccc(C(F)(F)F)c2)cc1OCC. The molecule has 0 aliphatic carbocycles. The third kappa shape index (κ3) is 5.02. The molecule has 7 heteroatoms. The van der Waals surface area contributed by atoms with Crippen molar-refractivity contribution in [3.8, 4) is 11.5 Å². The minimum absolute atomic E-state index is 0.0507. The van der Waals surface area contributed by atoms with Crippen molar-refractivity contribution in [2.75, 3.05) is 18.5 Å². The van der Waals surface area contributed by atoms with E-state index in [4.69, 9.17) is 9.47 Å². The highest BCUT2D eigenvalue weighted by molar-refractivity contribution is 6.04. The van der Waals surface area contributed by atoms with Crippen LogP contribution in [0.4, 0.5) is 18.9 Å². The maximum Gasteiger partial charge on any atom is 0.416 e. The molecule has 0 aliphatic heterocycles. The summed E-state index contributed by atoms with van der Waals surface area (Å²) in [5.41, 5.74) is -0.551. The van der Waals surface area contributed by atoms with E-state index in [2.05, 4.69) is 11.9 Å². The van der Waals surface area contributed by atoms with E-state index < -0.39 is 17.6 Å². The zero-order valence-electron chi connectivity index (χ0n) is 14.1. The Morgan fingerprint density at radius 2 is 1.92 bits per heavy atom. The first-order chi connectivity index (χ1) is 12.3. The van der Waals surface area contributed by atoms with Crippen molar-refractivity contribution in [1.29, 1.82) is 0 Å². The molecule has 0 heterocycles. The second-order valence-electron chi connectivity index (χ2n) is 5.23. The summed E-state index contributed by atoms with van der Waals surface area (Å²) >= 11 is 0. The standard InChI is InChI=1S/C19H18F3NO3/c1-3-10-26-16-9-8-13(11-17(16)25-4-2)18(24)23-15-7-5-6-14(12-15)19(20,21)22/h3,5-9,11-12H,1,4,10H2,2H3,(H,23,24). The van der Waals surface area contributed by atoms with E-state index in [1.54, 1.807) is 19.1 Å². The Balaban J connectivity index is 2.21. The molecular weight excluding hydrogens is 347 g/mol. The number of carbonyl (C=O) groups is 1. The number of anilines is 1. The van der Waals surface area contributed by atoms with Crippen molar-refractivity contribution < 1.29 is 27.4 Å². The molecule has 0 aliphatic rings. The lowest BCUT2D eigenvalue weighted by Gasteiger charge is -2.13. The number of amides is 1. The number of halogens is 3. The van der Waals surface area contributed by atoms with Gasteiger partial charge in [0.05, 0.1) is 12.2 Å². The van der Waals surface area contributed by atoms with Gasteiger partial charge in [-0.25, -0.2) is 0 Å². The largest absolute Gasteiger partial charge is 0.490 e. The fourth-order valence-electron chi connectivity index (χ4n) is 2.16. The van der Waals surface area contributed by atoms with Gasteiger partial charge in [-0.1, -0.05) is 18.7 Å². The molecule has 0 fully saturated rings. The van der Waals surface area contributed by atoms with Gasteiger partial charge in [-0.15, -0.1) is 0 Å². The fraction of sp³-hybridized carbons (Fsp3) is 0.211. The Morgan fingerprint density at radius 3 is 2.58 bits per heavy atom. The fourth-order valence-corrected chi connectivity index (χ4v) is 2.16. The van der Waals surface area contributed by atoms with Gasteiger partial charge in [0, 0.05) is 11.3 Å². The molecule has 0 saturated heterocycles. The number of nitrogens with one attached hydrogen (secondary N) is 1. The van der Waals surface area contributed by atoms with E-state index in [9.17, 15) is 18.0 Å². The summed E-state index contributed by atoms with van der Waals surface area (Å²) in [5.74, 6) is 0.258. The Hall–Kier alpha value is -2.96. The quantitative estimate of drug-likeness (QED) is 0.709. The summed E-state index contributed by atoms with van der Waals surface area (Å²) in [4.78, 5) is 12.4. The lowest BCUT2D eigenvalue weighted by molar-refractivity contribution is -0.137. The highest BCUT2D eigenvalue weighted by Crippen LogP contribution is 2.31. The number of carbonyl (C=O) groups excluding carboxylic acids is 1. The van der Waals surface area contributed by atoms with Gasteiger partial charge in [0.1, 0.15) is 6.61 Å². The third-order valence-corrected chi connectivity index (χ3v) is 3.31. The van der Waals surface area contributed by atoms with Gasteiger partial charge in [0.25, 0.3) is 5.91 Å². The Labute approximate surface area is 149 Å². The molecule has 0 aromatic heterocycles. The predicted molar refractivity (Wildman–Crippen MR) is 92.7 cm³/mol.